The summed E-state index contributed by atoms with van der Waals surface area (Å²) in [6, 6.07) is 11.2. The van der Waals surface area contributed by atoms with Crippen molar-refractivity contribution in [2.45, 2.75) is 10.3 Å². The summed E-state index contributed by atoms with van der Waals surface area (Å²) in [5.41, 5.74) is 6.64. The average Bonchev–Trinajstić information content (AvgIpc) is 3.09. The van der Waals surface area contributed by atoms with Crippen LogP contribution in [0.5, 0.6) is 0 Å². The maximum Gasteiger partial charge on any atom is 0.248 e. The fourth-order valence-corrected chi connectivity index (χ4v) is 4.16. The SMILES string of the molecule is NC(=O)c1cccc(NC(=O)C2C(c3cc(Cl)cc(Cl)c3)C2(Cl)Cl)c1. The zero-order valence-electron chi connectivity index (χ0n) is 12.6. The number of nitrogens with two attached hydrogens (primary N) is 1. The minimum atomic E-state index is -1.26. The number of carbonyl (C=O) groups excluding carboxylic acids is 2. The fourth-order valence-electron chi connectivity index (χ4n) is 2.79. The van der Waals surface area contributed by atoms with Gasteiger partial charge >= 0.3 is 0 Å². The van der Waals surface area contributed by atoms with Crippen LogP contribution in [-0.2, 0) is 4.79 Å². The number of hydrogen-bond acceptors (Lipinski definition) is 2. The van der Waals surface area contributed by atoms with Crippen molar-refractivity contribution in [1.82, 2.24) is 0 Å². The molecule has 8 heteroatoms. The zero-order valence-corrected chi connectivity index (χ0v) is 15.6. The lowest BCUT2D eigenvalue weighted by Crippen LogP contribution is -2.18. The third kappa shape index (κ3) is 3.72. The van der Waals surface area contributed by atoms with Crippen molar-refractivity contribution in [3.05, 3.63) is 63.6 Å². The van der Waals surface area contributed by atoms with Gasteiger partial charge in [0.2, 0.25) is 11.8 Å². The number of halogens is 4. The summed E-state index contributed by atoms with van der Waals surface area (Å²) >= 11 is 24.6. The van der Waals surface area contributed by atoms with Crippen LogP contribution in [0.2, 0.25) is 10.0 Å². The van der Waals surface area contributed by atoms with Gasteiger partial charge in [-0.3, -0.25) is 9.59 Å². The fraction of sp³-hybridized carbons (Fsp3) is 0.176. The van der Waals surface area contributed by atoms with Crippen LogP contribution in [0.25, 0.3) is 0 Å². The van der Waals surface area contributed by atoms with E-state index in [-0.39, 0.29) is 11.5 Å². The molecule has 0 bridgehead atoms. The molecule has 2 aromatic rings. The normalized spacial score (nSPS) is 20.8. The Morgan fingerprint density at radius 2 is 1.68 bits per heavy atom. The van der Waals surface area contributed by atoms with Crippen LogP contribution in [0.15, 0.2) is 42.5 Å². The lowest BCUT2D eigenvalue weighted by atomic mass is 10.1. The number of rotatable bonds is 4. The van der Waals surface area contributed by atoms with Crippen LogP contribution in [0.3, 0.4) is 0 Å². The second-order valence-electron chi connectivity index (χ2n) is 5.77. The number of primary amides is 1. The Balaban J connectivity index is 1.81. The molecule has 3 rings (SSSR count). The monoisotopic (exact) mass is 416 g/mol. The highest BCUT2D eigenvalue weighted by Gasteiger charge is 2.67. The van der Waals surface area contributed by atoms with E-state index in [0.29, 0.717) is 21.3 Å². The van der Waals surface area contributed by atoms with Crippen LogP contribution in [0.4, 0.5) is 5.69 Å². The summed E-state index contributed by atoms with van der Waals surface area (Å²) in [6.07, 6.45) is 0. The maximum absolute atomic E-state index is 12.6. The molecule has 0 saturated heterocycles. The quantitative estimate of drug-likeness (QED) is 0.712. The zero-order chi connectivity index (χ0) is 18.4. The molecule has 0 spiro atoms. The van der Waals surface area contributed by atoms with Crippen molar-refractivity contribution in [1.29, 1.82) is 0 Å². The summed E-state index contributed by atoms with van der Waals surface area (Å²) in [7, 11) is 0. The summed E-state index contributed by atoms with van der Waals surface area (Å²) in [5.74, 6) is -2.07. The Morgan fingerprint density at radius 1 is 1.04 bits per heavy atom. The molecule has 2 aromatic carbocycles. The van der Waals surface area contributed by atoms with Crippen molar-refractivity contribution < 1.29 is 9.59 Å². The molecule has 3 N–H and O–H groups in total. The smallest absolute Gasteiger partial charge is 0.248 e. The molecule has 0 radical (unpaired) electrons. The lowest BCUT2D eigenvalue weighted by molar-refractivity contribution is -0.117. The molecule has 0 heterocycles. The van der Waals surface area contributed by atoms with E-state index in [2.05, 4.69) is 5.32 Å². The van der Waals surface area contributed by atoms with Crippen LogP contribution in [-0.4, -0.2) is 16.1 Å². The molecule has 4 nitrogen and oxygen atoms in total. The van der Waals surface area contributed by atoms with Gasteiger partial charge in [0.25, 0.3) is 0 Å². The molecule has 1 saturated carbocycles. The van der Waals surface area contributed by atoms with Gasteiger partial charge in [0.1, 0.15) is 4.33 Å². The minimum absolute atomic E-state index is 0.287. The summed E-state index contributed by atoms with van der Waals surface area (Å²) in [4.78, 5) is 23.8. The third-order valence-corrected chi connectivity index (χ3v) is 5.37. The molecule has 2 unspecified atom stereocenters. The van der Waals surface area contributed by atoms with E-state index >= 15 is 0 Å². The Morgan fingerprint density at radius 3 is 2.28 bits per heavy atom. The lowest BCUT2D eigenvalue weighted by Gasteiger charge is -2.06. The number of carbonyl (C=O) groups is 2. The second-order valence-corrected chi connectivity index (χ2v) is 8.08. The van der Waals surface area contributed by atoms with E-state index in [1.807, 2.05) is 0 Å². The van der Waals surface area contributed by atoms with Crippen LogP contribution in [0.1, 0.15) is 21.8 Å². The Labute approximate surface area is 164 Å². The number of alkyl halides is 2. The maximum atomic E-state index is 12.6. The number of nitrogens with one attached hydrogen (secondary N) is 1. The molecule has 1 aliphatic carbocycles. The molecule has 2 atom stereocenters. The predicted octanol–water partition coefficient (Wildman–Crippen LogP) is 4.62. The highest BCUT2D eigenvalue weighted by atomic mass is 35.5. The Bertz CT molecular complexity index is 849. The Kier molecular flexibility index (Phi) is 4.91. The van der Waals surface area contributed by atoms with Crippen molar-refractivity contribution in [2.24, 2.45) is 11.7 Å². The van der Waals surface area contributed by atoms with Crippen LogP contribution >= 0.6 is 46.4 Å². The van der Waals surface area contributed by atoms with Gasteiger partial charge in [-0.15, -0.1) is 23.2 Å². The molecule has 25 heavy (non-hydrogen) atoms. The second kappa shape index (κ2) is 6.69. The van der Waals surface area contributed by atoms with Gasteiger partial charge in [0.15, 0.2) is 0 Å². The van der Waals surface area contributed by atoms with E-state index in [9.17, 15) is 9.59 Å². The van der Waals surface area contributed by atoms with E-state index in [1.54, 1.807) is 36.4 Å². The molecule has 1 fully saturated rings. The topological polar surface area (TPSA) is 72.2 Å². The van der Waals surface area contributed by atoms with Crippen molar-refractivity contribution in [3.63, 3.8) is 0 Å². The van der Waals surface area contributed by atoms with Crippen molar-refractivity contribution in [2.75, 3.05) is 5.32 Å². The van der Waals surface area contributed by atoms with Gasteiger partial charge in [-0.05, 0) is 42.0 Å². The van der Waals surface area contributed by atoms with E-state index in [1.165, 1.54) is 6.07 Å². The van der Waals surface area contributed by atoms with Crippen molar-refractivity contribution in [3.8, 4) is 0 Å². The Hall–Kier alpha value is -1.46. The average molecular weight is 418 g/mol. The number of anilines is 1. The summed E-state index contributed by atoms with van der Waals surface area (Å²) in [6.45, 7) is 0. The summed E-state index contributed by atoms with van der Waals surface area (Å²) in [5, 5.41) is 3.58. The summed E-state index contributed by atoms with van der Waals surface area (Å²) < 4.78 is -1.26. The van der Waals surface area contributed by atoms with Gasteiger partial charge in [0.05, 0.1) is 5.92 Å². The largest absolute Gasteiger partial charge is 0.366 e. The first-order valence-electron chi connectivity index (χ1n) is 7.24. The van der Waals surface area contributed by atoms with Gasteiger partial charge in [-0.2, -0.15) is 0 Å². The van der Waals surface area contributed by atoms with E-state index < -0.39 is 22.1 Å². The molecule has 0 aromatic heterocycles. The standard InChI is InChI=1S/C17H12Cl4N2O2/c18-10-4-9(5-11(19)7-10)13-14(17(13,20)21)16(25)23-12-3-1-2-8(6-12)15(22)24/h1-7,13-14H,(H2,22,24)(H,23,25). The molecule has 2 amide bonds. The van der Waals surface area contributed by atoms with Crippen LogP contribution in [0, 0.1) is 5.92 Å². The highest BCUT2D eigenvalue weighted by Crippen LogP contribution is 2.65. The molecule has 0 aliphatic heterocycles. The van der Waals surface area contributed by atoms with Gasteiger partial charge in [-0.1, -0.05) is 29.3 Å². The number of benzene rings is 2. The predicted molar refractivity (Wildman–Crippen MR) is 101 cm³/mol. The molecular formula is C17H12Cl4N2O2. The molecule has 130 valence electrons. The van der Waals surface area contributed by atoms with E-state index in [4.69, 9.17) is 52.1 Å². The first-order valence-corrected chi connectivity index (χ1v) is 8.76. The third-order valence-electron chi connectivity index (χ3n) is 3.99. The molecule has 1 aliphatic rings. The number of amides is 2. The first kappa shape index (κ1) is 18.3. The van der Waals surface area contributed by atoms with Crippen molar-refractivity contribution >= 4 is 63.9 Å². The van der Waals surface area contributed by atoms with E-state index in [0.717, 1.165) is 0 Å². The highest BCUT2D eigenvalue weighted by molar-refractivity contribution is 6.53. The minimum Gasteiger partial charge on any atom is -0.366 e. The molecular weight excluding hydrogens is 406 g/mol. The van der Waals surface area contributed by atoms with Crippen LogP contribution < -0.4 is 11.1 Å². The van der Waals surface area contributed by atoms with Gasteiger partial charge < -0.3 is 11.1 Å². The van der Waals surface area contributed by atoms with Gasteiger partial charge in [0, 0.05) is 27.2 Å². The number of hydrogen-bond donors (Lipinski definition) is 2. The van der Waals surface area contributed by atoms with Gasteiger partial charge in [-0.25, -0.2) is 0 Å². The first-order chi connectivity index (χ1) is 11.7.